The maximum Gasteiger partial charge on any atom is 0.410 e. The predicted octanol–water partition coefficient (Wildman–Crippen LogP) is 3.70. The molecule has 0 aromatic heterocycles. The molecular weight excluding hydrogens is 484 g/mol. The van der Waals surface area contributed by atoms with E-state index in [2.05, 4.69) is 10.6 Å². The standard InChI is InChI=1S/2C12H20F2N2O2/c2*1-11(2,3)18-10(17)16-5-4-9-8(6-16)12(13,14)7-15-9/h2*8-9,15H,4-7H2,1-3H3/t2*8-,9+/m10/s1. The van der Waals surface area contributed by atoms with Crippen molar-refractivity contribution in [1.29, 1.82) is 0 Å². The zero-order chi connectivity index (χ0) is 27.1. The number of likely N-dealkylation sites (tertiary alicyclic amines) is 2. The lowest BCUT2D eigenvalue weighted by Crippen LogP contribution is -2.51. The third kappa shape index (κ3) is 7.14. The molecule has 4 saturated heterocycles. The van der Waals surface area contributed by atoms with Gasteiger partial charge in [-0.25, -0.2) is 27.2 Å². The normalized spacial score (nSPS) is 31.1. The summed E-state index contributed by atoms with van der Waals surface area (Å²) < 4.78 is 64.9. The molecule has 0 radical (unpaired) electrons. The summed E-state index contributed by atoms with van der Waals surface area (Å²) in [6.07, 6.45) is 0.117. The first-order valence-corrected chi connectivity index (χ1v) is 12.6. The van der Waals surface area contributed by atoms with Crippen LogP contribution in [0.2, 0.25) is 0 Å². The van der Waals surface area contributed by atoms with Crippen LogP contribution in [0.3, 0.4) is 0 Å². The zero-order valence-corrected chi connectivity index (χ0v) is 22.0. The molecule has 0 spiro atoms. The smallest absolute Gasteiger partial charge is 0.410 e. The monoisotopic (exact) mass is 524 g/mol. The minimum absolute atomic E-state index is 0.0690. The summed E-state index contributed by atoms with van der Waals surface area (Å²) >= 11 is 0. The van der Waals surface area contributed by atoms with Gasteiger partial charge in [0.25, 0.3) is 11.8 Å². The van der Waals surface area contributed by atoms with Gasteiger partial charge in [-0.3, -0.25) is 0 Å². The van der Waals surface area contributed by atoms with Crippen LogP contribution in [0.1, 0.15) is 54.4 Å². The molecule has 8 nitrogen and oxygen atoms in total. The number of nitrogens with one attached hydrogen (secondary N) is 2. The second kappa shape index (κ2) is 10.2. The first-order chi connectivity index (χ1) is 16.4. The molecule has 0 unspecified atom stereocenters. The molecule has 4 fully saturated rings. The molecule has 4 heterocycles. The second-order valence-electron chi connectivity index (χ2n) is 12.1. The third-order valence-electron chi connectivity index (χ3n) is 6.81. The van der Waals surface area contributed by atoms with Crippen molar-refractivity contribution >= 4 is 12.2 Å². The third-order valence-corrected chi connectivity index (χ3v) is 6.81. The van der Waals surface area contributed by atoms with Crippen LogP contribution >= 0.6 is 0 Å². The Labute approximate surface area is 210 Å². The summed E-state index contributed by atoms with van der Waals surface area (Å²) in [5.41, 5.74) is -1.19. The number of ether oxygens (including phenoxy) is 2. The van der Waals surface area contributed by atoms with E-state index in [0.29, 0.717) is 25.9 Å². The van der Waals surface area contributed by atoms with E-state index in [1.807, 2.05) is 0 Å². The van der Waals surface area contributed by atoms with Crippen LogP contribution in [-0.4, -0.2) is 96.4 Å². The lowest BCUT2D eigenvalue weighted by atomic mass is 9.91. The molecule has 0 aliphatic carbocycles. The molecule has 0 aromatic carbocycles. The average Bonchev–Trinajstić information content (AvgIpc) is 3.21. The fraction of sp³-hybridized carbons (Fsp3) is 0.917. The molecule has 2 N–H and O–H groups in total. The van der Waals surface area contributed by atoms with Gasteiger partial charge in [0.05, 0.1) is 24.9 Å². The van der Waals surface area contributed by atoms with Crippen LogP contribution in [0.25, 0.3) is 0 Å². The predicted molar refractivity (Wildman–Crippen MR) is 125 cm³/mol. The molecule has 4 rings (SSSR count). The molecule has 4 aliphatic heterocycles. The number of hydrogen-bond donors (Lipinski definition) is 2. The number of carbonyl (C=O) groups excluding carboxylic acids is 2. The molecule has 4 aliphatic rings. The number of fused-ring (bicyclic) bond motifs is 2. The van der Waals surface area contributed by atoms with E-state index in [-0.39, 0.29) is 38.3 Å². The maximum absolute atomic E-state index is 13.6. The maximum atomic E-state index is 13.6. The van der Waals surface area contributed by atoms with Crippen molar-refractivity contribution in [3.8, 4) is 0 Å². The fourth-order valence-corrected chi connectivity index (χ4v) is 5.03. The van der Waals surface area contributed by atoms with E-state index in [4.69, 9.17) is 9.47 Å². The van der Waals surface area contributed by atoms with E-state index in [1.165, 1.54) is 9.80 Å². The van der Waals surface area contributed by atoms with Gasteiger partial charge in [-0.1, -0.05) is 0 Å². The summed E-state index contributed by atoms with van der Waals surface area (Å²) in [5.74, 6) is -7.05. The van der Waals surface area contributed by atoms with E-state index < -0.39 is 47.1 Å². The summed E-state index contributed by atoms with van der Waals surface area (Å²) in [6.45, 7) is 11.1. The summed E-state index contributed by atoms with van der Waals surface area (Å²) in [6, 6.07) is -0.364. The molecular formula is C24H40F4N4O4. The van der Waals surface area contributed by atoms with Crippen molar-refractivity contribution in [2.45, 2.75) is 89.5 Å². The Balaban J connectivity index is 0.000000201. The minimum Gasteiger partial charge on any atom is -0.444 e. The number of alkyl halides is 4. The Morgan fingerprint density at radius 1 is 0.722 bits per heavy atom. The van der Waals surface area contributed by atoms with Crippen LogP contribution in [0.15, 0.2) is 0 Å². The number of halogens is 4. The second-order valence-corrected chi connectivity index (χ2v) is 12.1. The summed E-state index contributed by atoms with van der Waals surface area (Å²) in [5, 5.41) is 5.66. The average molecular weight is 525 g/mol. The number of carbonyl (C=O) groups is 2. The van der Waals surface area contributed by atoms with Crippen LogP contribution in [0, 0.1) is 11.8 Å². The Morgan fingerprint density at radius 2 is 1.06 bits per heavy atom. The van der Waals surface area contributed by atoms with Crippen LogP contribution in [0.5, 0.6) is 0 Å². The molecule has 12 heteroatoms. The number of nitrogens with zero attached hydrogens (tertiary/aromatic N) is 2. The number of rotatable bonds is 0. The SMILES string of the molecule is CC(C)(C)OC(=O)N1CC[C@@H]2NCC(F)(F)[C@@H]2C1.CC(C)(C)OC(=O)N1CC[C@H]2NCC(F)(F)[C@H]2C1. The molecule has 36 heavy (non-hydrogen) atoms. The molecule has 0 bridgehead atoms. The number of piperidine rings is 2. The Bertz CT molecular complexity index is 749. The topological polar surface area (TPSA) is 83.1 Å². The molecule has 4 atom stereocenters. The van der Waals surface area contributed by atoms with Gasteiger partial charge in [-0.15, -0.1) is 0 Å². The highest BCUT2D eigenvalue weighted by Crippen LogP contribution is 2.38. The zero-order valence-electron chi connectivity index (χ0n) is 22.0. The Kier molecular flexibility index (Phi) is 8.11. The van der Waals surface area contributed by atoms with Crippen LogP contribution in [-0.2, 0) is 9.47 Å². The molecule has 0 aromatic rings. The lowest BCUT2D eigenvalue weighted by Gasteiger charge is -2.37. The van der Waals surface area contributed by atoms with Gasteiger partial charge < -0.3 is 29.9 Å². The van der Waals surface area contributed by atoms with Crippen molar-refractivity contribution in [2.24, 2.45) is 11.8 Å². The quantitative estimate of drug-likeness (QED) is 0.471. The summed E-state index contributed by atoms with van der Waals surface area (Å²) in [4.78, 5) is 26.5. The number of hydrogen-bond acceptors (Lipinski definition) is 6. The van der Waals surface area contributed by atoms with E-state index in [9.17, 15) is 27.2 Å². The van der Waals surface area contributed by atoms with Gasteiger partial charge >= 0.3 is 12.2 Å². The number of amides is 2. The van der Waals surface area contributed by atoms with Gasteiger partial charge in [0.2, 0.25) is 0 Å². The van der Waals surface area contributed by atoms with Crippen molar-refractivity contribution in [2.75, 3.05) is 39.3 Å². The van der Waals surface area contributed by atoms with Crippen molar-refractivity contribution in [3.05, 3.63) is 0 Å². The van der Waals surface area contributed by atoms with E-state index in [0.717, 1.165) is 0 Å². The van der Waals surface area contributed by atoms with Gasteiger partial charge in [0.1, 0.15) is 11.2 Å². The van der Waals surface area contributed by atoms with Crippen LogP contribution < -0.4 is 10.6 Å². The van der Waals surface area contributed by atoms with Gasteiger partial charge in [0.15, 0.2) is 0 Å². The minimum atomic E-state index is -2.73. The summed E-state index contributed by atoms with van der Waals surface area (Å²) in [7, 11) is 0. The lowest BCUT2D eigenvalue weighted by molar-refractivity contribution is -0.0539. The van der Waals surface area contributed by atoms with Crippen molar-refractivity contribution in [3.63, 3.8) is 0 Å². The van der Waals surface area contributed by atoms with Gasteiger partial charge in [0, 0.05) is 38.3 Å². The highest BCUT2D eigenvalue weighted by Gasteiger charge is 2.53. The highest BCUT2D eigenvalue weighted by atomic mass is 19.3. The fourth-order valence-electron chi connectivity index (χ4n) is 5.03. The van der Waals surface area contributed by atoms with E-state index in [1.54, 1.807) is 41.5 Å². The van der Waals surface area contributed by atoms with Gasteiger partial charge in [-0.2, -0.15) is 0 Å². The van der Waals surface area contributed by atoms with Crippen molar-refractivity contribution in [1.82, 2.24) is 20.4 Å². The van der Waals surface area contributed by atoms with Gasteiger partial charge in [-0.05, 0) is 54.4 Å². The molecule has 208 valence electrons. The highest BCUT2D eigenvalue weighted by molar-refractivity contribution is 5.68. The first-order valence-electron chi connectivity index (χ1n) is 12.6. The van der Waals surface area contributed by atoms with Crippen LogP contribution in [0.4, 0.5) is 27.2 Å². The van der Waals surface area contributed by atoms with E-state index >= 15 is 0 Å². The molecule has 2 amide bonds. The molecule has 0 saturated carbocycles. The Morgan fingerprint density at radius 3 is 1.36 bits per heavy atom. The largest absolute Gasteiger partial charge is 0.444 e. The van der Waals surface area contributed by atoms with Crippen molar-refractivity contribution < 1.29 is 36.6 Å². The first kappa shape index (κ1) is 28.7. The Hall–Kier alpha value is -1.82.